The molecule has 2 saturated heterocycles. The molecule has 2 aliphatic heterocycles. The number of nitrogens with zero attached hydrogens (tertiary/aromatic N) is 4. The summed E-state index contributed by atoms with van der Waals surface area (Å²) < 4.78 is 13.4. The van der Waals surface area contributed by atoms with Crippen LogP contribution in [0.25, 0.3) is 0 Å². The Morgan fingerprint density at radius 2 is 1.64 bits per heavy atom. The highest BCUT2D eigenvalue weighted by Gasteiger charge is 2.25. The van der Waals surface area contributed by atoms with Gasteiger partial charge in [0, 0.05) is 52.4 Å². The van der Waals surface area contributed by atoms with E-state index in [9.17, 15) is 14.0 Å². The van der Waals surface area contributed by atoms with Crippen LogP contribution >= 0.6 is 0 Å². The van der Waals surface area contributed by atoms with Crippen molar-refractivity contribution in [1.82, 2.24) is 19.6 Å². The first kappa shape index (κ1) is 20.7. The highest BCUT2D eigenvalue weighted by molar-refractivity contribution is 5.79. The van der Waals surface area contributed by atoms with Crippen LogP contribution in [0, 0.1) is 5.82 Å². The molecule has 2 aliphatic rings. The number of rotatable bonds is 7. The molecule has 0 unspecified atom stereocenters. The molecule has 1 aromatic rings. The summed E-state index contributed by atoms with van der Waals surface area (Å²) in [5, 5.41) is 0. The Morgan fingerprint density at radius 3 is 2.25 bits per heavy atom. The third-order valence-corrected chi connectivity index (χ3v) is 5.64. The van der Waals surface area contributed by atoms with E-state index in [1.807, 2.05) is 17.9 Å². The molecular weight excluding hydrogens is 359 g/mol. The first-order valence-electron chi connectivity index (χ1n) is 10.3. The summed E-state index contributed by atoms with van der Waals surface area (Å²) in [7, 11) is 0. The SMILES string of the molecule is CCN(Cc1cccc(F)c1)C(=O)CN1CCN(CC(=O)N2CCCC2)CC1. The van der Waals surface area contributed by atoms with Gasteiger partial charge in [-0.25, -0.2) is 4.39 Å². The van der Waals surface area contributed by atoms with E-state index in [2.05, 4.69) is 9.80 Å². The molecule has 2 heterocycles. The quantitative estimate of drug-likeness (QED) is 0.706. The van der Waals surface area contributed by atoms with Crippen LogP contribution in [-0.4, -0.2) is 90.3 Å². The molecule has 2 amide bonds. The van der Waals surface area contributed by atoms with Gasteiger partial charge in [-0.1, -0.05) is 12.1 Å². The Hall–Kier alpha value is -1.99. The summed E-state index contributed by atoms with van der Waals surface area (Å²) in [6.07, 6.45) is 2.23. The van der Waals surface area contributed by atoms with E-state index in [-0.39, 0.29) is 17.6 Å². The molecule has 28 heavy (non-hydrogen) atoms. The fourth-order valence-electron chi connectivity index (χ4n) is 3.89. The van der Waals surface area contributed by atoms with Gasteiger partial charge in [0.2, 0.25) is 11.8 Å². The highest BCUT2D eigenvalue weighted by Crippen LogP contribution is 2.11. The number of hydrogen-bond donors (Lipinski definition) is 0. The molecule has 0 spiro atoms. The number of likely N-dealkylation sites (N-methyl/N-ethyl adjacent to an activating group) is 1. The van der Waals surface area contributed by atoms with Crippen LogP contribution in [0.2, 0.25) is 0 Å². The lowest BCUT2D eigenvalue weighted by Crippen LogP contribution is -2.52. The van der Waals surface area contributed by atoms with Crippen LogP contribution in [0.4, 0.5) is 4.39 Å². The molecule has 6 nitrogen and oxygen atoms in total. The average Bonchev–Trinajstić information content (AvgIpc) is 3.22. The summed E-state index contributed by atoms with van der Waals surface area (Å²) in [5.74, 6) is 0.0169. The maximum absolute atomic E-state index is 13.4. The van der Waals surface area contributed by atoms with Crippen molar-refractivity contribution in [2.24, 2.45) is 0 Å². The van der Waals surface area contributed by atoms with Crippen LogP contribution in [0.1, 0.15) is 25.3 Å². The Labute approximate surface area is 166 Å². The smallest absolute Gasteiger partial charge is 0.237 e. The standard InChI is InChI=1S/C21H31FN4O2/c1-2-25(15-18-6-5-7-19(22)14-18)20(27)16-23-10-12-24(13-11-23)17-21(28)26-8-3-4-9-26/h5-7,14H,2-4,8-13,15-17H2,1H3. The predicted octanol–water partition coefficient (Wildman–Crippen LogP) is 1.41. The van der Waals surface area contributed by atoms with Crippen LogP contribution < -0.4 is 0 Å². The van der Waals surface area contributed by atoms with Gasteiger partial charge in [-0.05, 0) is 37.5 Å². The van der Waals surface area contributed by atoms with Gasteiger partial charge in [0.05, 0.1) is 13.1 Å². The number of likely N-dealkylation sites (tertiary alicyclic amines) is 1. The van der Waals surface area contributed by atoms with Crippen molar-refractivity contribution in [3.05, 3.63) is 35.6 Å². The van der Waals surface area contributed by atoms with E-state index in [0.29, 0.717) is 26.2 Å². The van der Waals surface area contributed by atoms with Gasteiger partial charge in [-0.3, -0.25) is 19.4 Å². The zero-order valence-electron chi connectivity index (χ0n) is 16.8. The van der Waals surface area contributed by atoms with Gasteiger partial charge in [0.15, 0.2) is 0 Å². The topological polar surface area (TPSA) is 47.1 Å². The number of piperazine rings is 1. The maximum atomic E-state index is 13.4. The van der Waals surface area contributed by atoms with Crippen molar-refractivity contribution in [2.45, 2.75) is 26.3 Å². The predicted molar refractivity (Wildman–Crippen MR) is 106 cm³/mol. The second-order valence-corrected chi connectivity index (χ2v) is 7.68. The normalized spacial score (nSPS) is 18.4. The fourth-order valence-corrected chi connectivity index (χ4v) is 3.89. The van der Waals surface area contributed by atoms with Crippen LogP contribution in [0.3, 0.4) is 0 Å². The van der Waals surface area contributed by atoms with E-state index in [1.165, 1.54) is 12.1 Å². The van der Waals surface area contributed by atoms with E-state index in [1.54, 1.807) is 11.0 Å². The molecule has 0 aromatic heterocycles. The number of amides is 2. The van der Waals surface area contributed by atoms with Crippen molar-refractivity contribution in [3.8, 4) is 0 Å². The molecule has 0 aliphatic carbocycles. The molecule has 0 saturated carbocycles. The molecule has 154 valence electrons. The second kappa shape index (κ2) is 9.98. The van der Waals surface area contributed by atoms with Gasteiger partial charge < -0.3 is 9.80 Å². The minimum atomic E-state index is -0.277. The summed E-state index contributed by atoms with van der Waals surface area (Å²) in [6, 6.07) is 6.41. The molecule has 2 fully saturated rings. The number of benzene rings is 1. The van der Waals surface area contributed by atoms with E-state index < -0.39 is 0 Å². The number of hydrogen-bond acceptors (Lipinski definition) is 4. The monoisotopic (exact) mass is 390 g/mol. The minimum Gasteiger partial charge on any atom is -0.342 e. The zero-order chi connectivity index (χ0) is 19.9. The summed E-state index contributed by atoms with van der Waals surface area (Å²) in [6.45, 7) is 8.81. The van der Waals surface area contributed by atoms with Gasteiger partial charge in [0.25, 0.3) is 0 Å². The van der Waals surface area contributed by atoms with E-state index >= 15 is 0 Å². The lowest BCUT2D eigenvalue weighted by Gasteiger charge is -2.35. The molecule has 7 heteroatoms. The molecule has 1 aromatic carbocycles. The minimum absolute atomic E-state index is 0.0633. The highest BCUT2D eigenvalue weighted by atomic mass is 19.1. The van der Waals surface area contributed by atoms with Crippen LogP contribution in [0.5, 0.6) is 0 Å². The average molecular weight is 391 g/mol. The summed E-state index contributed by atoms with van der Waals surface area (Å²) in [5.41, 5.74) is 0.806. The lowest BCUT2D eigenvalue weighted by molar-refractivity contribution is -0.135. The first-order valence-corrected chi connectivity index (χ1v) is 10.3. The Bertz CT molecular complexity index is 670. The van der Waals surface area contributed by atoms with Crippen molar-refractivity contribution in [2.75, 3.05) is 58.9 Å². The van der Waals surface area contributed by atoms with Crippen molar-refractivity contribution >= 4 is 11.8 Å². The van der Waals surface area contributed by atoms with E-state index in [4.69, 9.17) is 0 Å². The second-order valence-electron chi connectivity index (χ2n) is 7.68. The van der Waals surface area contributed by atoms with Gasteiger partial charge in [0.1, 0.15) is 5.82 Å². The third-order valence-electron chi connectivity index (χ3n) is 5.64. The first-order chi connectivity index (χ1) is 13.5. The number of carbonyl (C=O) groups excluding carboxylic acids is 2. The Balaban J connectivity index is 1.42. The third kappa shape index (κ3) is 5.75. The zero-order valence-corrected chi connectivity index (χ0v) is 16.8. The number of halogens is 1. The number of carbonyl (C=O) groups is 2. The maximum Gasteiger partial charge on any atom is 0.237 e. The lowest BCUT2D eigenvalue weighted by atomic mass is 10.2. The van der Waals surface area contributed by atoms with Gasteiger partial charge in [-0.2, -0.15) is 0 Å². The van der Waals surface area contributed by atoms with Crippen molar-refractivity contribution in [3.63, 3.8) is 0 Å². The van der Waals surface area contributed by atoms with Gasteiger partial charge >= 0.3 is 0 Å². The van der Waals surface area contributed by atoms with Gasteiger partial charge in [-0.15, -0.1) is 0 Å². The molecular formula is C21H31FN4O2. The molecule has 0 bridgehead atoms. The molecule has 0 N–H and O–H groups in total. The molecule has 0 radical (unpaired) electrons. The fraction of sp³-hybridized carbons (Fsp3) is 0.619. The molecule has 0 atom stereocenters. The van der Waals surface area contributed by atoms with Crippen molar-refractivity contribution < 1.29 is 14.0 Å². The van der Waals surface area contributed by atoms with Crippen LogP contribution in [-0.2, 0) is 16.1 Å². The van der Waals surface area contributed by atoms with E-state index in [0.717, 1.165) is 57.7 Å². The van der Waals surface area contributed by atoms with Crippen molar-refractivity contribution in [1.29, 1.82) is 0 Å². The van der Waals surface area contributed by atoms with Crippen LogP contribution in [0.15, 0.2) is 24.3 Å². The summed E-state index contributed by atoms with van der Waals surface area (Å²) in [4.78, 5) is 33.0. The Morgan fingerprint density at radius 1 is 1.00 bits per heavy atom. The Kier molecular flexibility index (Phi) is 7.39. The molecule has 3 rings (SSSR count). The summed E-state index contributed by atoms with van der Waals surface area (Å²) >= 11 is 0. The largest absolute Gasteiger partial charge is 0.342 e.